The van der Waals surface area contributed by atoms with Gasteiger partial charge < -0.3 is 5.32 Å². The first-order valence-corrected chi connectivity index (χ1v) is 10.1. The van der Waals surface area contributed by atoms with E-state index < -0.39 is 0 Å². The first-order valence-electron chi connectivity index (χ1n) is 8.85. The SMILES string of the molecule is CSc1ccc(CN2CCCC(Nc3ccc4[nH]ncc4c3)C2)cc1. The van der Waals surface area contributed by atoms with Crippen LogP contribution in [0.1, 0.15) is 18.4 Å². The van der Waals surface area contributed by atoms with Crippen LogP contribution in [-0.4, -0.2) is 40.5 Å². The third-order valence-electron chi connectivity index (χ3n) is 4.88. The molecule has 130 valence electrons. The van der Waals surface area contributed by atoms with Gasteiger partial charge in [-0.2, -0.15) is 5.10 Å². The van der Waals surface area contributed by atoms with Crippen molar-refractivity contribution >= 4 is 28.4 Å². The quantitative estimate of drug-likeness (QED) is 0.670. The van der Waals surface area contributed by atoms with Crippen LogP contribution in [0.15, 0.2) is 53.6 Å². The maximum atomic E-state index is 4.10. The Balaban J connectivity index is 1.38. The predicted octanol–water partition coefficient (Wildman–Crippen LogP) is 4.36. The van der Waals surface area contributed by atoms with E-state index >= 15 is 0 Å². The fraction of sp³-hybridized carbons (Fsp3) is 0.350. The molecule has 0 saturated carbocycles. The molecule has 2 aromatic carbocycles. The summed E-state index contributed by atoms with van der Waals surface area (Å²) in [5.41, 5.74) is 3.67. The number of aromatic amines is 1. The number of hydrogen-bond donors (Lipinski definition) is 2. The van der Waals surface area contributed by atoms with Crippen molar-refractivity contribution in [1.29, 1.82) is 0 Å². The van der Waals surface area contributed by atoms with Gasteiger partial charge in [-0.05, 0) is 61.5 Å². The zero-order valence-electron chi connectivity index (χ0n) is 14.5. The van der Waals surface area contributed by atoms with Crippen molar-refractivity contribution in [3.05, 3.63) is 54.2 Å². The zero-order chi connectivity index (χ0) is 17.1. The molecule has 25 heavy (non-hydrogen) atoms. The summed E-state index contributed by atoms with van der Waals surface area (Å²) >= 11 is 1.80. The topological polar surface area (TPSA) is 44.0 Å². The average molecular weight is 353 g/mol. The molecule has 4 nitrogen and oxygen atoms in total. The molecule has 1 atom stereocenters. The predicted molar refractivity (Wildman–Crippen MR) is 106 cm³/mol. The second-order valence-electron chi connectivity index (χ2n) is 6.74. The summed E-state index contributed by atoms with van der Waals surface area (Å²) < 4.78 is 0. The number of benzene rings is 2. The van der Waals surface area contributed by atoms with Gasteiger partial charge in [-0.1, -0.05) is 12.1 Å². The highest BCUT2D eigenvalue weighted by atomic mass is 32.2. The minimum absolute atomic E-state index is 0.503. The Labute approximate surface area is 153 Å². The number of nitrogens with one attached hydrogen (secondary N) is 2. The number of H-pyrrole nitrogens is 1. The summed E-state index contributed by atoms with van der Waals surface area (Å²) in [6.45, 7) is 3.31. The molecular formula is C20H24N4S. The highest BCUT2D eigenvalue weighted by Crippen LogP contribution is 2.22. The molecule has 5 heteroatoms. The number of hydrogen-bond acceptors (Lipinski definition) is 4. The summed E-state index contributed by atoms with van der Waals surface area (Å²) in [5.74, 6) is 0. The smallest absolute Gasteiger partial charge is 0.0651 e. The molecular weight excluding hydrogens is 328 g/mol. The molecule has 1 fully saturated rings. The summed E-state index contributed by atoms with van der Waals surface area (Å²) in [6.07, 6.45) is 6.47. The Kier molecular flexibility index (Phi) is 4.95. The number of thioether (sulfide) groups is 1. The number of likely N-dealkylation sites (tertiary alicyclic amines) is 1. The molecule has 1 aliphatic heterocycles. The van der Waals surface area contributed by atoms with E-state index in [0.29, 0.717) is 6.04 Å². The first-order chi connectivity index (χ1) is 12.3. The minimum atomic E-state index is 0.503. The van der Waals surface area contributed by atoms with Gasteiger partial charge in [0.2, 0.25) is 0 Å². The molecule has 1 saturated heterocycles. The molecule has 2 heterocycles. The van der Waals surface area contributed by atoms with Crippen LogP contribution in [-0.2, 0) is 6.54 Å². The van der Waals surface area contributed by atoms with Crippen molar-refractivity contribution in [3.63, 3.8) is 0 Å². The number of nitrogens with zero attached hydrogens (tertiary/aromatic N) is 2. The van der Waals surface area contributed by atoms with Gasteiger partial charge in [0, 0.05) is 35.1 Å². The van der Waals surface area contributed by atoms with Gasteiger partial charge in [-0.15, -0.1) is 11.8 Å². The summed E-state index contributed by atoms with van der Waals surface area (Å²) in [5, 5.41) is 12.0. The van der Waals surface area contributed by atoms with Crippen LogP contribution in [0.2, 0.25) is 0 Å². The highest BCUT2D eigenvalue weighted by Gasteiger charge is 2.20. The standard InChI is InChI=1S/C20H24N4S/c1-25-19-7-4-15(5-8-19)13-24-10-2-3-18(14-24)22-17-6-9-20-16(11-17)12-21-23-20/h4-9,11-12,18,22H,2-3,10,13-14H2,1H3,(H,21,23). The summed E-state index contributed by atoms with van der Waals surface area (Å²) in [6, 6.07) is 15.9. The van der Waals surface area contributed by atoms with Crippen LogP contribution >= 0.6 is 11.8 Å². The third kappa shape index (κ3) is 3.99. The molecule has 0 bridgehead atoms. The third-order valence-corrected chi connectivity index (χ3v) is 5.63. The summed E-state index contributed by atoms with van der Waals surface area (Å²) in [4.78, 5) is 3.89. The largest absolute Gasteiger partial charge is 0.381 e. The fourth-order valence-electron chi connectivity index (χ4n) is 3.57. The van der Waals surface area contributed by atoms with Crippen molar-refractivity contribution in [3.8, 4) is 0 Å². The van der Waals surface area contributed by atoms with Gasteiger partial charge in [-0.3, -0.25) is 10.00 Å². The number of anilines is 1. The number of piperidine rings is 1. The fourth-order valence-corrected chi connectivity index (χ4v) is 3.98. The molecule has 0 aliphatic carbocycles. The van der Waals surface area contributed by atoms with Crippen molar-refractivity contribution in [2.75, 3.05) is 24.7 Å². The van der Waals surface area contributed by atoms with Crippen molar-refractivity contribution < 1.29 is 0 Å². The van der Waals surface area contributed by atoms with Gasteiger partial charge in [0.15, 0.2) is 0 Å². The molecule has 4 rings (SSSR count). The van der Waals surface area contributed by atoms with Crippen molar-refractivity contribution in [2.24, 2.45) is 0 Å². The Bertz CT molecular complexity index is 827. The summed E-state index contributed by atoms with van der Waals surface area (Å²) in [7, 11) is 0. The Morgan fingerprint density at radius 3 is 2.96 bits per heavy atom. The molecule has 2 N–H and O–H groups in total. The van der Waals surface area contributed by atoms with Gasteiger partial charge >= 0.3 is 0 Å². The van der Waals surface area contributed by atoms with Crippen LogP contribution < -0.4 is 5.32 Å². The van der Waals surface area contributed by atoms with E-state index in [1.54, 1.807) is 11.8 Å². The monoisotopic (exact) mass is 352 g/mol. The van der Waals surface area contributed by atoms with Crippen LogP contribution in [0.3, 0.4) is 0 Å². The normalized spacial score (nSPS) is 18.5. The van der Waals surface area contributed by atoms with Crippen LogP contribution in [0.4, 0.5) is 5.69 Å². The van der Waals surface area contributed by atoms with Crippen molar-refractivity contribution in [2.45, 2.75) is 30.3 Å². The van der Waals surface area contributed by atoms with E-state index in [-0.39, 0.29) is 0 Å². The lowest BCUT2D eigenvalue weighted by atomic mass is 10.0. The lowest BCUT2D eigenvalue weighted by Gasteiger charge is -2.33. The van der Waals surface area contributed by atoms with Gasteiger partial charge in [0.05, 0.1) is 11.7 Å². The molecule has 0 amide bonds. The number of fused-ring (bicyclic) bond motifs is 1. The molecule has 0 radical (unpaired) electrons. The molecule has 1 unspecified atom stereocenters. The second kappa shape index (κ2) is 7.50. The molecule has 1 aliphatic rings. The highest BCUT2D eigenvalue weighted by molar-refractivity contribution is 7.98. The van der Waals surface area contributed by atoms with Crippen LogP contribution in [0.25, 0.3) is 10.9 Å². The van der Waals surface area contributed by atoms with E-state index in [9.17, 15) is 0 Å². The maximum Gasteiger partial charge on any atom is 0.0651 e. The molecule has 3 aromatic rings. The Hall–Kier alpha value is -1.98. The van der Waals surface area contributed by atoms with Gasteiger partial charge in [0.1, 0.15) is 0 Å². The number of rotatable bonds is 5. The van der Waals surface area contributed by atoms with E-state index in [1.807, 2.05) is 6.20 Å². The van der Waals surface area contributed by atoms with Crippen LogP contribution in [0.5, 0.6) is 0 Å². The van der Waals surface area contributed by atoms with Crippen LogP contribution in [0, 0.1) is 0 Å². The Morgan fingerprint density at radius 2 is 2.12 bits per heavy atom. The first kappa shape index (κ1) is 16.5. The van der Waals surface area contributed by atoms with Gasteiger partial charge in [0.25, 0.3) is 0 Å². The maximum absolute atomic E-state index is 4.10. The Morgan fingerprint density at radius 1 is 1.24 bits per heavy atom. The van der Waals surface area contributed by atoms with Gasteiger partial charge in [-0.25, -0.2) is 0 Å². The van der Waals surface area contributed by atoms with E-state index in [2.05, 4.69) is 69.1 Å². The average Bonchev–Trinajstić information content (AvgIpc) is 3.10. The lowest BCUT2D eigenvalue weighted by molar-refractivity contribution is 0.208. The lowest BCUT2D eigenvalue weighted by Crippen LogP contribution is -2.41. The number of aromatic nitrogens is 2. The van der Waals surface area contributed by atoms with Crippen molar-refractivity contribution in [1.82, 2.24) is 15.1 Å². The minimum Gasteiger partial charge on any atom is -0.381 e. The molecule has 1 aromatic heterocycles. The van der Waals surface area contributed by atoms with E-state index in [1.165, 1.54) is 35.5 Å². The van der Waals surface area contributed by atoms with E-state index in [0.717, 1.165) is 24.0 Å². The molecule has 0 spiro atoms. The second-order valence-corrected chi connectivity index (χ2v) is 7.62. The van der Waals surface area contributed by atoms with E-state index in [4.69, 9.17) is 0 Å². The zero-order valence-corrected chi connectivity index (χ0v) is 15.4.